The Morgan fingerprint density at radius 1 is 0.720 bits per heavy atom. The van der Waals surface area contributed by atoms with Crippen molar-refractivity contribution in [2.24, 2.45) is 0 Å². The van der Waals surface area contributed by atoms with E-state index in [4.69, 9.17) is 18.9 Å². The first-order chi connectivity index (χ1) is 24.0. The van der Waals surface area contributed by atoms with Gasteiger partial charge in [-0.25, -0.2) is 14.4 Å². The van der Waals surface area contributed by atoms with Crippen LogP contribution in [0.1, 0.15) is 62.3 Å². The van der Waals surface area contributed by atoms with Gasteiger partial charge in [0.05, 0.1) is 14.2 Å². The minimum atomic E-state index is -1.49. The highest BCUT2D eigenvalue weighted by atomic mass is 16.6. The Morgan fingerprint density at radius 3 is 1.70 bits per heavy atom. The minimum absolute atomic E-state index is 0.0622. The van der Waals surface area contributed by atoms with Crippen molar-refractivity contribution in [2.45, 2.75) is 63.8 Å². The second-order valence-electron chi connectivity index (χ2n) is 12.7. The van der Waals surface area contributed by atoms with E-state index < -0.39 is 35.3 Å². The molecule has 4 aromatic carbocycles. The predicted molar refractivity (Wildman–Crippen MR) is 190 cm³/mol. The molecule has 0 saturated heterocycles. The van der Waals surface area contributed by atoms with Gasteiger partial charge in [0.15, 0.2) is 0 Å². The number of aliphatic carboxylic acids is 1. The molecule has 4 aromatic rings. The molecule has 50 heavy (non-hydrogen) atoms. The zero-order chi connectivity index (χ0) is 36.1. The molecule has 0 aliphatic heterocycles. The largest absolute Gasteiger partial charge is 0.497 e. The van der Waals surface area contributed by atoms with Crippen molar-refractivity contribution in [1.82, 2.24) is 10.2 Å². The number of carboxylic acids is 1. The molecule has 4 rings (SSSR count). The van der Waals surface area contributed by atoms with Crippen LogP contribution in [0.15, 0.2) is 109 Å². The molecule has 0 bridgehead atoms. The minimum Gasteiger partial charge on any atom is -0.497 e. The van der Waals surface area contributed by atoms with Crippen molar-refractivity contribution < 1.29 is 38.4 Å². The Kier molecular flexibility index (Phi) is 12.9. The average molecular weight is 683 g/mol. The van der Waals surface area contributed by atoms with Crippen molar-refractivity contribution >= 4 is 18.2 Å². The number of ether oxygens (including phenoxy) is 4. The van der Waals surface area contributed by atoms with Crippen LogP contribution in [0.5, 0.6) is 11.5 Å². The number of hydrogen-bond donors (Lipinski definition) is 2. The lowest BCUT2D eigenvalue weighted by Gasteiger charge is -2.47. The van der Waals surface area contributed by atoms with Crippen LogP contribution >= 0.6 is 0 Å². The normalized spacial score (nSPS) is 11.9. The molecule has 10 heteroatoms. The fraction of sp³-hybridized carbons (Fsp3) is 0.325. The van der Waals surface area contributed by atoms with Gasteiger partial charge in [-0.15, -0.1) is 0 Å². The van der Waals surface area contributed by atoms with Crippen molar-refractivity contribution in [1.29, 1.82) is 0 Å². The summed E-state index contributed by atoms with van der Waals surface area (Å²) >= 11 is 0. The van der Waals surface area contributed by atoms with E-state index >= 15 is 0 Å². The zero-order valence-electron chi connectivity index (χ0n) is 29.3. The Balaban J connectivity index is 1.87. The molecule has 0 spiro atoms. The Bertz CT molecular complexity index is 1620. The molecule has 0 aliphatic carbocycles. The maximum atomic E-state index is 14.7. The van der Waals surface area contributed by atoms with Gasteiger partial charge < -0.3 is 29.4 Å². The Labute approximate surface area is 293 Å². The number of rotatable bonds is 15. The van der Waals surface area contributed by atoms with Crippen LogP contribution in [0.3, 0.4) is 0 Å². The number of nitrogens with zero attached hydrogens (tertiary/aromatic N) is 1. The fourth-order valence-corrected chi connectivity index (χ4v) is 5.88. The molecule has 0 radical (unpaired) electrons. The molecule has 0 aromatic heterocycles. The summed E-state index contributed by atoms with van der Waals surface area (Å²) in [4.78, 5) is 41.7. The lowest BCUT2D eigenvalue weighted by Crippen LogP contribution is -2.58. The van der Waals surface area contributed by atoms with Crippen LogP contribution in [-0.2, 0) is 26.4 Å². The van der Waals surface area contributed by atoms with Crippen molar-refractivity contribution in [3.8, 4) is 11.5 Å². The highest BCUT2D eigenvalue weighted by Crippen LogP contribution is 2.45. The third-order valence-corrected chi connectivity index (χ3v) is 8.14. The maximum Gasteiger partial charge on any atom is 0.412 e. The van der Waals surface area contributed by atoms with Crippen LogP contribution in [0.2, 0.25) is 0 Å². The molecule has 2 N–H and O–H groups in total. The first-order valence-corrected chi connectivity index (χ1v) is 16.5. The summed E-state index contributed by atoms with van der Waals surface area (Å²) in [6.07, 6.45) is -0.499. The maximum absolute atomic E-state index is 14.7. The second-order valence-corrected chi connectivity index (χ2v) is 12.7. The number of unbranched alkanes of at least 4 members (excludes halogenated alkanes) is 1. The molecule has 264 valence electrons. The summed E-state index contributed by atoms with van der Waals surface area (Å²) in [5, 5.41) is 13.7. The molecule has 0 saturated carbocycles. The molecular weight excluding hydrogens is 636 g/mol. The molecule has 0 unspecified atom stereocenters. The van der Waals surface area contributed by atoms with Gasteiger partial charge in [0, 0.05) is 6.54 Å². The number of alkyl carbamates (subject to hydrolysis) is 1. The number of carbonyl (C=O) groups is 3. The number of amides is 2. The summed E-state index contributed by atoms with van der Waals surface area (Å²) in [6, 6.07) is 31.6. The van der Waals surface area contributed by atoms with Crippen LogP contribution in [0.4, 0.5) is 9.59 Å². The fourth-order valence-electron chi connectivity index (χ4n) is 5.88. The number of nitrogens with one attached hydrogen (secondary N) is 1. The van der Waals surface area contributed by atoms with Gasteiger partial charge in [-0.2, -0.15) is 0 Å². The summed E-state index contributed by atoms with van der Waals surface area (Å²) in [5.74, 6) is -0.0177. The van der Waals surface area contributed by atoms with Gasteiger partial charge in [-0.3, -0.25) is 4.90 Å². The van der Waals surface area contributed by atoms with Crippen molar-refractivity contribution in [3.05, 3.63) is 131 Å². The summed E-state index contributed by atoms with van der Waals surface area (Å²) in [5.41, 5.74) is 0.479. The Hall–Kier alpha value is -5.51. The molecule has 0 heterocycles. The smallest absolute Gasteiger partial charge is 0.412 e. The molecule has 2 amide bonds. The monoisotopic (exact) mass is 682 g/mol. The number of carbonyl (C=O) groups excluding carboxylic acids is 2. The SMILES string of the molecule is COc1ccc(C(c2ccccc2)(c2ccc(OC)cc2)N(C(=O)OCc2ccccc2)[C@@H](CCCCNC(=O)OC(C)(C)C)C(=O)O)cc1. The highest BCUT2D eigenvalue weighted by molar-refractivity contribution is 5.82. The van der Waals surface area contributed by atoms with Gasteiger partial charge in [0.2, 0.25) is 0 Å². The van der Waals surface area contributed by atoms with E-state index in [0.717, 1.165) is 5.56 Å². The van der Waals surface area contributed by atoms with Gasteiger partial charge in [0.25, 0.3) is 0 Å². The van der Waals surface area contributed by atoms with Crippen molar-refractivity contribution in [3.63, 3.8) is 0 Å². The average Bonchev–Trinajstić information content (AvgIpc) is 3.11. The van der Waals surface area contributed by atoms with E-state index in [2.05, 4.69) is 5.32 Å². The van der Waals surface area contributed by atoms with E-state index in [1.807, 2.05) is 84.9 Å². The van der Waals surface area contributed by atoms with Crippen LogP contribution in [-0.4, -0.2) is 60.6 Å². The summed E-state index contributed by atoms with van der Waals surface area (Å²) < 4.78 is 22.3. The quantitative estimate of drug-likeness (QED) is 0.0963. The third-order valence-electron chi connectivity index (χ3n) is 8.14. The van der Waals surface area contributed by atoms with E-state index in [-0.39, 0.29) is 19.6 Å². The first-order valence-electron chi connectivity index (χ1n) is 16.5. The predicted octanol–water partition coefficient (Wildman–Crippen LogP) is 7.78. The molecule has 0 fully saturated rings. The summed E-state index contributed by atoms with van der Waals surface area (Å²) in [7, 11) is 3.13. The standard InChI is InChI=1S/C40H46N2O8/c1-39(2,3)50-37(45)41-27-13-12-18-35(36(43)44)42(38(46)49-28-29-14-8-6-9-15-29)40(30-16-10-7-11-17-30,31-19-23-33(47-4)24-20-31)32-21-25-34(48-5)26-22-32/h6-11,14-17,19-26,35H,12-13,18,27-28H2,1-5H3,(H,41,45)(H,43,44)/t35-/m0/s1. The number of methoxy groups -OCH3 is 2. The van der Waals surface area contributed by atoms with Crippen molar-refractivity contribution in [2.75, 3.05) is 20.8 Å². The van der Waals surface area contributed by atoms with E-state index in [1.165, 1.54) is 4.90 Å². The molecule has 1 atom stereocenters. The van der Waals surface area contributed by atoms with Gasteiger partial charge in [-0.05, 0) is 86.6 Å². The molecular formula is C40H46N2O8. The number of hydrogen-bond acceptors (Lipinski definition) is 7. The molecule has 0 aliphatic rings. The Morgan fingerprint density at radius 2 is 1.22 bits per heavy atom. The summed E-state index contributed by atoms with van der Waals surface area (Å²) in [6.45, 7) is 5.53. The van der Waals surface area contributed by atoms with E-state index in [9.17, 15) is 19.5 Å². The van der Waals surface area contributed by atoms with E-state index in [0.29, 0.717) is 41.0 Å². The highest BCUT2D eigenvalue weighted by Gasteiger charge is 2.50. The number of carboxylic acid groups (broad SMARTS) is 1. The van der Waals surface area contributed by atoms with Gasteiger partial charge in [0.1, 0.15) is 35.3 Å². The van der Waals surface area contributed by atoms with Crippen LogP contribution in [0.25, 0.3) is 0 Å². The second kappa shape index (κ2) is 17.2. The van der Waals surface area contributed by atoms with Gasteiger partial charge >= 0.3 is 18.2 Å². The van der Waals surface area contributed by atoms with Gasteiger partial charge in [-0.1, -0.05) is 84.9 Å². The zero-order valence-corrected chi connectivity index (χ0v) is 29.3. The first kappa shape index (κ1) is 37.3. The van der Waals surface area contributed by atoms with Crippen LogP contribution in [0, 0.1) is 0 Å². The third kappa shape index (κ3) is 9.34. The number of benzene rings is 4. The lowest BCUT2D eigenvalue weighted by atomic mass is 9.74. The topological polar surface area (TPSA) is 124 Å². The molecule has 10 nitrogen and oxygen atoms in total. The van der Waals surface area contributed by atoms with Crippen LogP contribution < -0.4 is 14.8 Å². The lowest BCUT2D eigenvalue weighted by molar-refractivity contribution is -0.144. The van der Waals surface area contributed by atoms with E-state index in [1.54, 1.807) is 59.3 Å².